The first-order valence-corrected chi connectivity index (χ1v) is 12.6. The summed E-state index contributed by atoms with van der Waals surface area (Å²) in [4.78, 5) is 28.5. The zero-order chi connectivity index (χ0) is 24.6. The van der Waals surface area contributed by atoms with E-state index in [2.05, 4.69) is 45.5 Å². The molecule has 1 atom stereocenters. The van der Waals surface area contributed by atoms with Crippen LogP contribution in [-0.2, 0) is 29.0 Å². The van der Waals surface area contributed by atoms with Gasteiger partial charge in [0.1, 0.15) is 6.04 Å². The van der Waals surface area contributed by atoms with Crippen LogP contribution in [0, 0.1) is 0 Å². The van der Waals surface area contributed by atoms with Gasteiger partial charge in [0.15, 0.2) is 0 Å². The second-order valence-electron chi connectivity index (χ2n) is 8.61. The number of benzene rings is 4. The van der Waals surface area contributed by atoms with Crippen LogP contribution in [-0.4, -0.2) is 29.8 Å². The summed E-state index contributed by atoms with van der Waals surface area (Å²) < 4.78 is 0.942. The predicted molar refractivity (Wildman–Crippen MR) is 145 cm³/mol. The monoisotopic (exact) mass is 528 g/mol. The summed E-state index contributed by atoms with van der Waals surface area (Å²) >= 11 is 3.52. The van der Waals surface area contributed by atoms with Crippen LogP contribution in [0.25, 0.3) is 10.8 Å². The number of nitrogens with zero attached hydrogens (tertiary/aromatic N) is 1. The predicted octanol–water partition coefficient (Wildman–Crippen LogP) is 5.92. The zero-order valence-corrected chi connectivity index (χ0v) is 21.4. The number of aryl methyl sites for hydroxylation is 1. The molecular weight excluding hydrogens is 500 g/mol. The number of hydrogen-bond acceptors (Lipinski definition) is 2. The Hall–Kier alpha value is -3.44. The third-order valence-electron chi connectivity index (χ3n) is 6.25. The Morgan fingerprint density at radius 3 is 2.31 bits per heavy atom. The normalized spacial score (nSPS) is 11.7. The maximum absolute atomic E-state index is 13.7. The van der Waals surface area contributed by atoms with Gasteiger partial charge in [-0.3, -0.25) is 9.59 Å². The van der Waals surface area contributed by atoms with Crippen molar-refractivity contribution in [3.63, 3.8) is 0 Å². The van der Waals surface area contributed by atoms with Crippen molar-refractivity contribution in [3.05, 3.63) is 118 Å². The van der Waals surface area contributed by atoms with Crippen LogP contribution >= 0.6 is 15.9 Å². The number of amides is 2. The lowest BCUT2D eigenvalue weighted by molar-refractivity contribution is -0.141. The molecule has 0 bridgehead atoms. The lowest BCUT2D eigenvalue weighted by Gasteiger charge is -2.31. The first-order valence-electron chi connectivity index (χ1n) is 11.8. The first-order chi connectivity index (χ1) is 17.0. The van der Waals surface area contributed by atoms with Crippen molar-refractivity contribution in [1.82, 2.24) is 10.2 Å². The number of nitrogens with one attached hydrogen (secondary N) is 1. The van der Waals surface area contributed by atoms with E-state index in [-0.39, 0.29) is 11.8 Å². The molecule has 0 saturated heterocycles. The molecule has 2 amide bonds. The number of hydrogen-bond donors (Lipinski definition) is 1. The number of carbonyl (C=O) groups is 2. The van der Waals surface area contributed by atoms with Gasteiger partial charge in [-0.15, -0.1) is 0 Å². The largest absolute Gasteiger partial charge is 0.357 e. The number of halogens is 1. The highest BCUT2D eigenvalue weighted by atomic mass is 79.9. The van der Waals surface area contributed by atoms with E-state index in [1.807, 2.05) is 72.8 Å². The third-order valence-corrected chi connectivity index (χ3v) is 6.74. The second-order valence-corrected chi connectivity index (χ2v) is 9.53. The molecule has 1 N–H and O–H groups in total. The number of fused-ring (bicyclic) bond motifs is 1. The molecule has 0 unspecified atom stereocenters. The van der Waals surface area contributed by atoms with E-state index < -0.39 is 6.04 Å². The van der Waals surface area contributed by atoms with Crippen molar-refractivity contribution in [2.24, 2.45) is 0 Å². The highest BCUT2D eigenvalue weighted by Gasteiger charge is 2.29. The fourth-order valence-corrected chi connectivity index (χ4v) is 4.89. The van der Waals surface area contributed by atoms with Crippen LogP contribution in [0.4, 0.5) is 0 Å². The molecule has 5 heteroatoms. The van der Waals surface area contributed by atoms with Crippen molar-refractivity contribution in [2.45, 2.75) is 31.8 Å². The SMILES string of the molecule is CNC(=O)[C@H](Cc1ccccc1)N(Cc1cccc(Br)c1)C(=O)CCc1cccc2ccccc12. The summed E-state index contributed by atoms with van der Waals surface area (Å²) in [7, 11) is 1.62. The molecule has 4 aromatic carbocycles. The van der Waals surface area contributed by atoms with E-state index in [0.29, 0.717) is 25.8 Å². The van der Waals surface area contributed by atoms with Crippen LogP contribution in [0.15, 0.2) is 102 Å². The Bertz CT molecular complexity index is 1300. The van der Waals surface area contributed by atoms with E-state index in [1.54, 1.807) is 11.9 Å². The van der Waals surface area contributed by atoms with Gasteiger partial charge < -0.3 is 10.2 Å². The summed E-state index contributed by atoms with van der Waals surface area (Å²) in [5.74, 6) is -0.204. The van der Waals surface area contributed by atoms with Gasteiger partial charge in [-0.1, -0.05) is 101 Å². The fourth-order valence-electron chi connectivity index (χ4n) is 4.45. The molecule has 0 aliphatic heterocycles. The Labute approximate surface area is 215 Å². The standard InChI is InChI=1S/C30H29BrN2O2/c1-32-30(35)28(20-22-9-3-2-4-10-22)33(21-23-11-7-15-26(31)19-23)29(34)18-17-25-14-8-13-24-12-5-6-16-27(24)25/h2-16,19,28H,17-18,20-21H2,1H3,(H,32,35)/t28-/m0/s1. The van der Waals surface area contributed by atoms with Crippen LogP contribution < -0.4 is 5.32 Å². The zero-order valence-electron chi connectivity index (χ0n) is 19.8. The molecule has 4 nitrogen and oxygen atoms in total. The number of likely N-dealkylation sites (N-methyl/N-ethyl adjacent to an activating group) is 1. The fraction of sp³-hybridized carbons (Fsp3) is 0.200. The quantitative estimate of drug-likeness (QED) is 0.293. The smallest absolute Gasteiger partial charge is 0.242 e. The third kappa shape index (κ3) is 6.37. The molecule has 0 aliphatic rings. The summed E-state index contributed by atoms with van der Waals surface area (Å²) in [6.45, 7) is 0.360. The maximum Gasteiger partial charge on any atom is 0.242 e. The molecule has 0 aromatic heterocycles. The summed E-state index contributed by atoms with van der Waals surface area (Å²) in [5, 5.41) is 5.10. The summed E-state index contributed by atoms with van der Waals surface area (Å²) in [5.41, 5.74) is 3.13. The molecule has 0 heterocycles. The average Bonchev–Trinajstić information content (AvgIpc) is 2.89. The van der Waals surface area contributed by atoms with E-state index in [4.69, 9.17) is 0 Å². The molecule has 178 valence electrons. The topological polar surface area (TPSA) is 49.4 Å². The molecular formula is C30H29BrN2O2. The Kier molecular flexibility index (Phi) is 8.32. The molecule has 0 spiro atoms. The van der Waals surface area contributed by atoms with E-state index in [0.717, 1.165) is 31.9 Å². The second kappa shape index (κ2) is 11.8. The Morgan fingerprint density at radius 1 is 0.857 bits per heavy atom. The van der Waals surface area contributed by atoms with Crippen molar-refractivity contribution in [2.75, 3.05) is 7.05 Å². The van der Waals surface area contributed by atoms with E-state index >= 15 is 0 Å². The van der Waals surface area contributed by atoms with Crippen molar-refractivity contribution in [1.29, 1.82) is 0 Å². The minimum atomic E-state index is -0.610. The summed E-state index contributed by atoms with van der Waals surface area (Å²) in [6.07, 6.45) is 1.39. The molecule has 0 radical (unpaired) electrons. The average molecular weight is 529 g/mol. The molecule has 0 fully saturated rings. The van der Waals surface area contributed by atoms with Crippen molar-refractivity contribution < 1.29 is 9.59 Å². The van der Waals surface area contributed by atoms with Gasteiger partial charge >= 0.3 is 0 Å². The van der Waals surface area contributed by atoms with Crippen molar-refractivity contribution in [3.8, 4) is 0 Å². The molecule has 0 saturated carbocycles. The van der Waals surface area contributed by atoms with Gasteiger partial charge in [0.25, 0.3) is 0 Å². The van der Waals surface area contributed by atoms with E-state index in [1.165, 1.54) is 0 Å². The Balaban J connectivity index is 1.62. The lowest BCUT2D eigenvalue weighted by Crippen LogP contribution is -2.49. The van der Waals surface area contributed by atoms with Crippen LogP contribution in [0.5, 0.6) is 0 Å². The van der Waals surface area contributed by atoms with E-state index in [9.17, 15) is 9.59 Å². The van der Waals surface area contributed by atoms with Gasteiger partial charge in [-0.05, 0) is 46.0 Å². The van der Waals surface area contributed by atoms with Gasteiger partial charge in [-0.2, -0.15) is 0 Å². The maximum atomic E-state index is 13.7. The van der Waals surface area contributed by atoms with Crippen LogP contribution in [0.1, 0.15) is 23.1 Å². The van der Waals surface area contributed by atoms with Gasteiger partial charge in [0.2, 0.25) is 11.8 Å². The number of carbonyl (C=O) groups excluding carboxylic acids is 2. The molecule has 4 aromatic rings. The van der Waals surface area contributed by atoms with Gasteiger partial charge in [0.05, 0.1) is 0 Å². The minimum absolute atomic E-state index is 0.0394. The van der Waals surface area contributed by atoms with Crippen LogP contribution in [0.2, 0.25) is 0 Å². The van der Waals surface area contributed by atoms with Crippen molar-refractivity contribution >= 4 is 38.5 Å². The summed E-state index contributed by atoms with van der Waals surface area (Å²) in [6, 6.07) is 31.5. The first kappa shape index (κ1) is 24.7. The molecule has 0 aliphatic carbocycles. The molecule has 4 rings (SSSR count). The van der Waals surface area contributed by atoms with Crippen LogP contribution in [0.3, 0.4) is 0 Å². The highest BCUT2D eigenvalue weighted by Crippen LogP contribution is 2.22. The molecule has 35 heavy (non-hydrogen) atoms. The number of rotatable bonds is 9. The lowest BCUT2D eigenvalue weighted by atomic mass is 9.99. The van der Waals surface area contributed by atoms with Gasteiger partial charge in [0, 0.05) is 30.9 Å². The highest BCUT2D eigenvalue weighted by molar-refractivity contribution is 9.10. The Morgan fingerprint density at radius 2 is 1.54 bits per heavy atom. The minimum Gasteiger partial charge on any atom is -0.357 e. The van der Waals surface area contributed by atoms with Gasteiger partial charge in [-0.25, -0.2) is 0 Å².